The third-order valence-corrected chi connectivity index (χ3v) is 5.49. The van der Waals surface area contributed by atoms with E-state index < -0.39 is 5.82 Å². The Morgan fingerprint density at radius 2 is 1.93 bits per heavy atom. The number of carbonyl (C=O) groups excluding carboxylic acids is 1. The predicted octanol–water partition coefficient (Wildman–Crippen LogP) is 5.23. The fraction of sp³-hybridized carbons (Fsp3) is 0.200. The molecule has 2 aromatic carbocycles. The first kappa shape index (κ1) is 20.2. The summed E-state index contributed by atoms with van der Waals surface area (Å²) in [5.41, 5.74) is 0.834. The zero-order valence-corrected chi connectivity index (χ0v) is 16.8. The van der Waals surface area contributed by atoms with Crippen molar-refractivity contribution in [2.45, 2.75) is 20.1 Å². The minimum Gasteiger partial charge on any atom is -0.486 e. The molecule has 0 aliphatic rings. The summed E-state index contributed by atoms with van der Waals surface area (Å²) in [6.45, 7) is 1.94. The van der Waals surface area contributed by atoms with Crippen LogP contribution >= 0.6 is 22.9 Å². The van der Waals surface area contributed by atoms with E-state index in [-0.39, 0.29) is 35.5 Å². The Morgan fingerprint density at radius 3 is 2.61 bits per heavy atom. The Bertz CT molecular complexity index is 972. The second kappa shape index (κ2) is 8.67. The number of aryl methyl sites for hydroxylation is 1. The molecule has 28 heavy (non-hydrogen) atoms. The average Bonchev–Trinajstić information content (AvgIpc) is 3.04. The number of benzene rings is 2. The van der Waals surface area contributed by atoms with Gasteiger partial charge < -0.3 is 9.64 Å². The van der Waals surface area contributed by atoms with Gasteiger partial charge in [0.1, 0.15) is 33.9 Å². The van der Waals surface area contributed by atoms with Crippen molar-refractivity contribution in [1.29, 1.82) is 0 Å². The van der Waals surface area contributed by atoms with Crippen LogP contribution in [0.5, 0.6) is 5.75 Å². The Balaban J connectivity index is 1.69. The van der Waals surface area contributed by atoms with Crippen LogP contribution in [-0.2, 0) is 13.2 Å². The molecule has 0 radical (unpaired) electrons. The number of hydrogen-bond donors (Lipinski definition) is 0. The molecule has 3 aromatic rings. The Kier molecular flexibility index (Phi) is 6.26. The van der Waals surface area contributed by atoms with Gasteiger partial charge in [0.05, 0.1) is 12.2 Å². The number of ether oxygens (including phenoxy) is 1. The van der Waals surface area contributed by atoms with E-state index in [1.54, 1.807) is 20.0 Å². The molecule has 0 N–H and O–H groups in total. The summed E-state index contributed by atoms with van der Waals surface area (Å²) in [5, 5.41) is 0.886. The van der Waals surface area contributed by atoms with E-state index in [4.69, 9.17) is 16.3 Å². The summed E-state index contributed by atoms with van der Waals surface area (Å²) in [6, 6.07) is 10.1. The fourth-order valence-corrected chi connectivity index (χ4v) is 3.75. The summed E-state index contributed by atoms with van der Waals surface area (Å²) < 4.78 is 32.5. The van der Waals surface area contributed by atoms with Crippen LogP contribution in [0.4, 0.5) is 8.78 Å². The molecule has 1 heterocycles. The van der Waals surface area contributed by atoms with Crippen LogP contribution in [0.15, 0.2) is 42.5 Å². The molecular weight excluding hydrogens is 406 g/mol. The van der Waals surface area contributed by atoms with Crippen LogP contribution in [-0.4, -0.2) is 22.8 Å². The van der Waals surface area contributed by atoms with Crippen molar-refractivity contribution in [3.63, 3.8) is 0 Å². The van der Waals surface area contributed by atoms with E-state index in [1.807, 2.05) is 0 Å². The number of amides is 1. The SMILES string of the molecule is Cc1nc(COc2ccc(F)cc2)sc1C(=O)N(C)Cc1c(F)cccc1Cl. The van der Waals surface area contributed by atoms with E-state index in [2.05, 4.69) is 4.98 Å². The maximum absolute atomic E-state index is 14.0. The lowest BCUT2D eigenvalue weighted by Crippen LogP contribution is -2.26. The number of rotatable bonds is 6. The summed E-state index contributed by atoms with van der Waals surface area (Å²) in [4.78, 5) is 19.0. The summed E-state index contributed by atoms with van der Waals surface area (Å²) in [6.07, 6.45) is 0. The van der Waals surface area contributed by atoms with E-state index in [9.17, 15) is 13.6 Å². The van der Waals surface area contributed by atoms with Gasteiger partial charge in [0.25, 0.3) is 5.91 Å². The molecule has 0 unspecified atom stereocenters. The molecule has 1 aromatic heterocycles. The van der Waals surface area contributed by atoms with Gasteiger partial charge in [-0.1, -0.05) is 17.7 Å². The smallest absolute Gasteiger partial charge is 0.265 e. The Labute approximate surface area is 170 Å². The lowest BCUT2D eigenvalue weighted by molar-refractivity contribution is 0.0787. The van der Waals surface area contributed by atoms with E-state index >= 15 is 0 Å². The van der Waals surface area contributed by atoms with Crippen LogP contribution in [0, 0.1) is 18.6 Å². The van der Waals surface area contributed by atoms with Gasteiger partial charge in [-0.05, 0) is 43.3 Å². The predicted molar refractivity (Wildman–Crippen MR) is 105 cm³/mol. The molecule has 1 amide bonds. The lowest BCUT2D eigenvalue weighted by Gasteiger charge is -2.17. The van der Waals surface area contributed by atoms with E-state index in [0.717, 1.165) is 0 Å². The van der Waals surface area contributed by atoms with Crippen LogP contribution in [0.2, 0.25) is 5.02 Å². The first-order valence-electron chi connectivity index (χ1n) is 8.38. The molecule has 3 rings (SSSR count). The molecule has 0 fully saturated rings. The third kappa shape index (κ3) is 4.66. The highest BCUT2D eigenvalue weighted by Gasteiger charge is 2.21. The van der Waals surface area contributed by atoms with Crippen molar-refractivity contribution in [2.75, 3.05) is 7.05 Å². The zero-order valence-electron chi connectivity index (χ0n) is 15.2. The topological polar surface area (TPSA) is 42.4 Å². The van der Waals surface area contributed by atoms with E-state index in [0.29, 0.717) is 21.3 Å². The Morgan fingerprint density at radius 1 is 1.21 bits per heavy atom. The maximum atomic E-state index is 14.0. The van der Waals surface area contributed by atoms with Gasteiger partial charge in [0.15, 0.2) is 0 Å². The first-order valence-corrected chi connectivity index (χ1v) is 9.57. The largest absolute Gasteiger partial charge is 0.486 e. The summed E-state index contributed by atoms with van der Waals surface area (Å²) in [5.74, 6) is -0.569. The molecule has 0 aliphatic carbocycles. The molecule has 0 spiro atoms. The van der Waals surface area contributed by atoms with Gasteiger partial charge in [-0.15, -0.1) is 11.3 Å². The van der Waals surface area contributed by atoms with Crippen molar-refractivity contribution in [1.82, 2.24) is 9.88 Å². The van der Waals surface area contributed by atoms with Crippen molar-refractivity contribution in [3.8, 4) is 5.75 Å². The van der Waals surface area contributed by atoms with Crippen LogP contribution in [0.25, 0.3) is 0 Å². The third-order valence-electron chi connectivity index (χ3n) is 4.01. The van der Waals surface area contributed by atoms with Gasteiger partial charge in [0.2, 0.25) is 0 Å². The average molecular weight is 423 g/mol. The second-order valence-electron chi connectivity index (χ2n) is 6.13. The summed E-state index contributed by atoms with van der Waals surface area (Å²) in [7, 11) is 1.58. The van der Waals surface area contributed by atoms with Gasteiger partial charge in [-0.25, -0.2) is 13.8 Å². The molecule has 8 heteroatoms. The first-order chi connectivity index (χ1) is 13.3. The second-order valence-corrected chi connectivity index (χ2v) is 7.62. The molecule has 0 aliphatic heterocycles. The van der Waals surface area contributed by atoms with Crippen molar-refractivity contribution in [2.24, 2.45) is 0 Å². The van der Waals surface area contributed by atoms with Crippen LogP contribution in [0.3, 0.4) is 0 Å². The number of halogens is 3. The number of hydrogen-bond acceptors (Lipinski definition) is 4. The highest BCUT2D eigenvalue weighted by Crippen LogP contribution is 2.24. The highest BCUT2D eigenvalue weighted by molar-refractivity contribution is 7.13. The molecule has 0 saturated carbocycles. The zero-order chi connectivity index (χ0) is 20.3. The molecule has 0 atom stereocenters. The monoisotopic (exact) mass is 422 g/mol. The van der Waals surface area contributed by atoms with Crippen LogP contribution in [0.1, 0.15) is 25.9 Å². The standard InChI is InChI=1S/C20H17ClF2N2O2S/c1-12-19(20(26)25(2)10-15-16(21)4-3-5-17(15)23)28-18(24-12)11-27-14-8-6-13(22)7-9-14/h3-9H,10-11H2,1-2H3. The minimum atomic E-state index is -0.457. The van der Waals surface area contributed by atoms with Crippen molar-refractivity contribution < 1.29 is 18.3 Å². The quantitative estimate of drug-likeness (QED) is 0.546. The number of nitrogens with zero attached hydrogens (tertiary/aromatic N) is 2. The lowest BCUT2D eigenvalue weighted by atomic mass is 10.2. The number of thiazole rings is 1. The van der Waals surface area contributed by atoms with Gasteiger partial charge >= 0.3 is 0 Å². The molecule has 0 saturated heterocycles. The van der Waals surface area contributed by atoms with Crippen LogP contribution < -0.4 is 4.74 Å². The Hall–Kier alpha value is -2.51. The highest BCUT2D eigenvalue weighted by atomic mass is 35.5. The number of carbonyl (C=O) groups is 1. The van der Waals surface area contributed by atoms with Gasteiger partial charge in [0, 0.05) is 17.6 Å². The molecular formula is C20H17ClF2N2O2S. The minimum absolute atomic E-state index is 0.0447. The fourth-order valence-electron chi connectivity index (χ4n) is 2.55. The molecule has 146 valence electrons. The normalized spacial score (nSPS) is 10.8. The van der Waals surface area contributed by atoms with Gasteiger partial charge in [-0.2, -0.15) is 0 Å². The van der Waals surface area contributed by atoms with E-state index in [1.165, 1.54) is 52.6 Å². The van der Waals surface area contributed by atoms with Crippen molar-refractivity contribution >= 4 is 28.8 Å². The number of aromatic nitrogens is 1. The maximum Gasteiger partial charge on any atom is 0.265 e. The van der Waals surface area contributed by atoms with Gasteiger partial charge in [-0.3, -0.25) is 4.79 Å². The summed E-state index contributed by atoms with van der Waals surface area (Å²) >= 11 is 7.25. The molecule has 0 bridgehead atoms. The molecule has 4 nitrogen and oxygen atoms in total. The van der Waals surface area contributed by atoms with Crippen molar-refractivity contribution in [3.05, 3.63) is 80.3 Å².